The first-order valence-electron chi connectivity index (χ1n) is 15.0. The van der Waals surface area contributed by atoms with E-state index >= 15 is 0 Å². The van der Waals surface area contributed by atoms with Crippen LogP contribution in [0.5, 0.6) is 0 Å². The van der Waals surface area contributed by atoms with Crippen molar-refractivity contribution >= 4 is 75.3 Å². The topological polar surface area (TPSA) is 43.9 Å². The largest absolute Gasteiger partial charge is 0.454 e. The van der Waals surface area contributed by atoms with Crippen molar-refractivity contribution in [2.75, 3.05) is 0 Å². The Bertz CT molecular complexity index is 2700. The highest BCUT2D eigenvalue weighted by Gasteiger charge is 2.26. The Kier molecular flexibility index (Phi) is 5.12. The minimum atomic E-state index is 0.614. The molecule has 0 unspecified atom stereocenters. The first-order chi connectivity index (χ1) is 22.3. The summed E-state index contributed by atoms with van der Waals surface area (Å²) >= 11 is 1.85. The zero-order chi connectivity index (χ0) is 29.5. The van der Waals surface area contributed by atoms with Gasteiger partial charge in [0.05, 0.1) is 16.9 Å². The van der Waals surface area contributed by atoms with Crippen LogP contribution in [0.3, 0.4) is 0 Å². The van der Waals surface area contributed by atoms with Gasteiger partial charge in [0, 0.05) is 52.8 Å². The van der Waals surface area contributed by atoms with Crippen LogP contribution >= 0.6 is 11.3 Å². The lowest BCUT2D eigenvalue weighted by Crippen LogP contribution is -2.04. The molecule has 0 atom stereocenters. The predicted octanol–water partition coefficient (Wildman–Crippen LogP) is 11.2. The number of hydrogen-bond acceptors (Lipinski definition) is 4. The molecule has 5 heteroatoms. The summed E-state index contributed by atoms with van der Waals surface area (Å²) < 4.78 is 11.6. The molecule has 0 fully saturated rings. The van der Waals surface area contributed by atoms with Crippen LogP contribution in [-0.4, -0.2) is 14.5 Å². The van der Waals surface area contributed by atoms with Gasteiger partial charge in [0.1, 0.15) is 11.1 Å². The molecule has 0 radical (unpaired) electrons. The first kappa shape index (κ1) is 24.6. The predicted molar refractivity (Wildman–Crippen MR) is 187 cm³/mol. The second-order valence-electron chi connectivity index (χ2n) is 11.4. The smallest absolute Gasteiger partial charge is 0.235 e. The Morgan fingerprint density at radius 1 is 0.533 bits per heavy atom. The van der Waals surface area contributed by atoms with E-state index in [0.29, 0.717) is 5.95 Å². The Labute approximate surface area is 261 Å². The summed E-state index contributed by atoms with van der Waals surface area (Å²) in [7, 11) is 0. The van der Waals surface area contributed by atoms with Crippen molar-refractivity contribution in [3.05, 3.63) is 140 Å². The molecule has 0 aliphatic heterocycles. The monoisotopic (exact) mass is 593 g/mol. The Morgan fingerprint density at radius 3 is 1.87 bits per heavy atom. The number of aromatic nitrogens is 3. The van der Waals surface area contributed by atoms with E-state index in [0.717, 1.165) is 60.9 Å². The van der Waals surface area contributed by atoms with Gasteiger partial charge >= 0.3 is 0 Å². The summed E-state index contributed by atoms with van der Waals surface area (Å²) in [5, 5.41) is 7.07. The summed E-state index contributed by atoms with van der Waals surface area (Å²) in [6.07, 6.45) is 0. The summed E-state index contributed by atoms with van der Waals surface area (Å²) in [6.45, 7) is 0. The fraction of sp³-hybridized carbons (Fsp3) is 0. The number of hydrogen-bond donors (Lipinski definition) is 0. The van der Waals surface area contributed by atoms with Crippen LogP contribution in [0.2, 0.25) is 0 Å². The molecule has 0 aliphatic rings. The lowest BCUT2D eigenvalue weighted by atomic mass is 10.0. The van der Waals surface area contributed by atoms with Crippen molar-refractivity contribution in [2.24, 2.45) is 0 Å². The first-order valence-corrected chi connectivity index (χ1v) is 15.8. The molecule has 0 aliphatic carbocycles. The molecule has 45 heavy (non-hydrogen) atoms. The number of para-hydroxylation sites is 2. The summed E-state index contributed by atoms with van der Waals surface area (Å²) in [4.78, 5) is 10.5. The van der Waals surface area contributed by atoms with Crippen molar-refractivity contribution in [3.63, 3.8) is 0 Å². The van der Waals surface area contributed by atoms with E-state index in [2.05, 4.69) is 126 Å². The second-order valence-corrected chi connectivity index (χ2v) is 12.4. The van der Waals surface area contributed by atoms with Gasteiger partial charge in [-0.05, 0) is 24.3 Å². The third-order valence-electron chi connectivity index (χ3n) is 8.81. The number of furan rings is 1. The van der Waals surface area contributed by atoms with E-state index in [9.17, 15) is 0 Å². The molecule has 4 nitrogen and oxygen atoms in total. The highest BCUT2D eigenvalue weighted by Crippen LogP contribution is 2.50. The fourth-order valence-electron chi connectivity index (χ4n) is 6.87. The molecule has 10 rings (SSSR count). The van der Waals surface area contributed by atoms with Crippen molar-refractivity contribution < 1.29 is 4.42 Å². The molecule has 0 saturated heterocycles. The minimum Gasteiger partial charge on any atom is -0.454 e. The molecule has 0 saturated carbocycles. The molecule has 210 valence electrons. The van der Waals surface area contributed by atoms with Crippen molar-refractivity contribution in [1.29, 1.82) is 0 Å². The van der Waals surface area contributed by atoms with Crippen LogP contribution in [0.25, 0.3) is 92.4 Å². The van der Waals surface area contributed by atoms with Gasteiger partial charge in [0.15, 0.2) is 5.58 Å². The van der Waals surface area contributed by atoms with Gasteiger partial charge in [-0.25, -0.2) is 9.97 Å². The SMILES string of the molecule is c1ccc(-c2cc(-c3ccccc3)nc(-n3c4ccccc4c4c5sc6ccccc6c5c5c6ccccc6oc5c43)n2)cc1. The van der Waals surface area contributed by atoms with Crippen molar-refractivity contribution in [2.45, 2.75) is 0 Å². The summed E-state index contributed by atoms with van der Waals surface area (Å²) in [5.41, 5.74) is 7.59. The van der Waals surface area contributed by atoms with E-state index in [4.69, 9.17) is 14.4 Å². The molecule has 0 bridgehead atoms. The quantitative estimate of drug-likeness (QED) is 0.205. The van der Waals surface area contributed by atoms with Gasteiger partial charge in [-0.1, -0.05) is 115 Å². The molecule has 0 spiro atoms. The summed E-state index contributed by atoms with van der Waals surface area (Å²) in [5.74, 6) is 0.614. The maximum Gasteiger partial charge on any atom is 0.235 e. The molecule has 4 aromatic heterocycles. The van der Waals surface area contributed by atoms with Gasteiger partial charge < -0.3 is 4.42 Å². The van der Waals surface area contributed by atoms with Gasteiger partial charge in [0.25, 0.3) is 0 Å². The Balaban J connectivity index is 1.44. The molecular weight excluding hydrogens is 571 g/mol. The van der Waals surface area contributed by atoms with E-state index < -0.39 is 0 Å². The number of rotatable bonds is 3. The van der Waals surface area contributed by atoms with Crippen LogP contribution in [0.15, 0.2) is 144 Å². The van der Waals surface area contributed by atoms with Gasteiger partial charge in [-0.3, -0.25) is 4.57 Å². The molecule has 0 N–H and O–H groups in total. The zero-order valence-corrected chi connectivity index (χ0v) is 24.8. The van der Waals surface area contributed by atoms with Crippen LogP contribution < -0.4 is 0 Å². The third-order valence-corrected chi connectivity index (χ3v) is 10.00. The van der Waals surface area contributed by atoms with Crippen molar-refractivity contribution in [3.8, 4) is 28.5 Å². The van der Waals surface area contributed by atoms with Gasteiger partial charge in [-0.15, -0.1) is 11.3 Å². The Morgan fingerprint density at radius 2 is 1.13 bits per heavy atom. The maximum atomic E-state index is 6.84. The number of benzene rings is 6. The average Bonchev–Trinajstić information content (AvgIpc) is 3.78. The fourth-order valence-corrected chi connectivity index (χ4v) is 8.14. The van der Waals surface area contributed by atoms with E-state index in [1.54, 1.807) is 0 Å². The second kappa shape index (κ2) is 9.36. The normalized spacial score (nSPS) is 12.0. The highest BCUT2D eigenvalue weighted by atomic mass is 32.1. The van der Waals surface area contributed by atoms with Crippen LogP contribution in [0.1, 0.15) is 0 Å². The number of nitrogens with zero attached hydrogens (tertiary/aromatic N) is 3. The van der Waals surface area contributed by atoms with Crippen LogP contribution in [0, 0.1) is 0 Å². The maximum absolute atomic E-state index is 6.84. The standard InChI is InChI=1S/C40H23N3OS/c1-3-13-24(14-4-1)29-23-30(25-15-5-2-6-16-25)42-40(41-29)43-31-20-10-7-17-26(31)36-37(43)38-34(27-18-8-11-21-32(27)44-38)35-28-19-9-12-22-33(28)45-39(35)36/h1-23H. The van der Waals surface area contributed by atoms with Crippen LogP contribution in [0.4, 0.5) is 0 Å². The number of thiophene rings is 1. The third kappa shape index (κ3) is 3.53. The highest BCUT2D eigenvalue weighted by molar-refractivity contribution is 7.27. The minimum absolute atomic E-state index is 0.614. The lowest BCUT2D eigenvalue weighted by Gasteiger charge is -2.12. The van der Waals surface area contributed by atoms with Gasteiger partial charge in [0.2, 0.25) is 5.95 Å². The molecule has 0 amide bonds. The molecule has 10 aromatic rings. The summed E-state index contributed by atoms with van der Waals surface area (Å²) in [6, 6.07) is 48.4. The van der Waals surface area contributed by atoms with E-state index in [-0.39, 0.29) is 0 Å². The number of fused-ring (bicyclic) bond motifs is 12. The molecule has 6 aromatic carbocycles. The molecular formula is C40H23N3OS. The Hall–Kier alpha value is -5.78. The lowest BCUT2D eigenvalue weighted by molar-refractivity contribution is 0.671. The van der Waals surface area contributed by atoms with Gasteiger partial charge in [-0.2, -0.15) is 0 Å². The van der Waals surface area contributed by atoms with E-state index in [1.807, 2.05) is 29.5 Å². The van der Waals surface area contributed by atoms with Crippen LogP contribution in [-0.2, 0) is 0 Å². The van der Waals surface area contributed by atoms with Crippen molar-refractivity contribution in [1.82, 2.24) is 14.5 Å². The van der Waals surface area contributed by atoms with E-state index in [1.165, 1.54) is 25.6 Å². The average molecular weight is 594 g/mol. The molecule has 4 heterocycles. The zero-order valence-electron chi connectivity index (χ0n) is 23.9.